The topological polar surface area (TPSA) is 111 Å². The normalized spacial score (nSPS) is 15.4. The Bertz CT molecular complexity index is 1170. The molecule has 29 heavy (non-hydrogen) atoms. The van der Waals surface area contributed by atoms with Gasteiger partial charge in [-0.05, 0) is 68.9 Å². The van der Waals surface area contributed by atoms with Gasteiger partial charge in [-0.15, -0.1) is 0 Å². The number of benzene rings is 1. The molecule has 0 saturated heterocycles. The Kier molecular flexibility index (Phi) is 4.92. The first-order chi connectivity index (χ1) is 13.7. The fraction of sp³-hybridized carbons (Fsp3) is 0.333. The molecule has 7 nitrogen and oxygen atoms in total. The van der Waals surface area contributed by atoms with Crippen molar-refractivity contribution < 1.29 is 12.9 Å². The predicted molar refractivity (Wildman–Crippen MR) is 112 cm³/mol. The molecule has 4 rings (SSSR count). The van der Waals surface area contributed by atoms with E-state index in [1.807, 2.05) is 26.8 Å². The third-order valence-electron chi connectivity index (χ3n) is 5.31. The molecule has 3 aromatic rings. The lowest BCUT2D eigenvalue weighted by Gasteiger charge is -2.15. The van der Waals surface area contributed by atoms with E-state index in [9.17, 15) is 8.42 Å². The maximum atomic E-state index is 12.8. The Morgan fingerprint density at radius 3 is 2.59 bits per heavy atom. The molecule has 1 saturated carbocycles. The summed E-state index contributed by atoms with van der Waals surface area (Å²) in [4.78, 5) is 4.51. The molecule has 0 amide bonds. The van der Waals surface area contributed by atoms with Crippen molar-refractivity contribution in [3.8, 4) is 22.5 Å². The number of pyridine rings is 1. The number of rotatable bonds is 6. The van der Waals surface area contributed by atoms with Gasteiger partial charge in [-0.3, -0.25) is 0 Å². The van der Waals surface area contributed by atoms with Gasteiger partial charge in [0.05, 0.1) is 16.2 Å². The Hall–Kier alpha value is -2.71. The SMILES string of the molecule is Cc1cc(-c2cc(-c3cc(S(=O)(=O)NC(C)C4CC4)ccc3C)cnc2N)on1. The first-order valence-corrected chi connectivity index (χ1v) is 11.1. The summed E-state index contributed by atoms with van der Waals surface area (Å²) < 4.78 is 33.8. The van der Waals surface area contributed by atoms with Gasteiger partial charge in [-0.25, -0.2) is 18.1 Å². The van der Waals surface area contributed by atoms with Crippen molar-refractivity contribution >= 4 is 15.8 Å². The number of nitrogens with zero attached hydrogens (tertiary/aromatic N) is 2. The van der Waals surface area contributed by atoms with E-state index in [0.29, 0.717) is 23.1 Å². The van der Waals surface area contributed by atoms with Crippen LogP contribution in [0.3, 0.4) is 0 Å². The summed E-state index contributed by atoms with van der Waals surface area (Å²) in [6.45, 7) is 5.68. The molecule has 1 unspecified atom stereocenters. The Morgan fingerprint density at radius 1 is 1.17 bits per heavy atom. The Labute approximate surface area is 170 Å². The molecule has 8 heteroatoms. The zero-order valence-corrected chi connectivity index (χ0v) is 17.5. The summed E-state index contributed by atoms with van der Waals surface area (Å²) in [6.07, 6.45) is 3.79. The molecule has 2 heterocycles. The molecule has 1 atom stereocenters. The lowest BCUT2D eigenvalue weighted by atomic mass is 10.00. The molecule has 0 radical (unpaired) electrons. The first-order valence-electron chi connectivity index (χ1n) is 9.57. The fourth-order valence-corrected chi connectivity index (χ4v) is 4.73. The van der Waals surface area contributed by atoms with Crippen LogP contribution in [0.2, 0.25) is 0 Å². The summed E-state index contributed by atoms with van der Waals surface area (Å²) in [7, 11) is -3.60. The highest BCUT2D eigenvalue weighted by atomic mass is 32.2. The highest BCUT2D eigenvalue weighted by molar-refractivity contribution is 7.89. The molecular weight excluding hydrogens is 388 g/mol. The van der Waals surface area contributed by atoms with Crippen molar-refractivity contribution in [2.45, 2.75) is 44.6 Å². The molecule has 2 aromatic heterocycles. The maximum absolute atomic E-state index is 12.8. The van der Waals surface area contributed by atoms with Crippen molar-refractivity contribution in [1.82, 2.24) is 14.9 Å². The number of nitrogens with two attached hydrogens (primary N) is 1. The third-order valence-corrected chi connectivity index (χ3v) is 6.87. The van der Waals surface area contributed by atoms with E-state index in [1.165, 1.54) is 0 Å². The van der Waals surface area contributed by atoms with Crippen LogP contribution < -0.4 is 10.5 Å². The van der Waals surface area contributed by atoms with Gasteiger partial charge in [0.1, 0.15) is 5.82 Å². The number of sulfonamides is 1. The summed E-state index contributed by atoms with van der Waals surface area (Å²) >= 11 is 0. The van der Waals surface area contributed by atoms with Crippen molar-refractivity contribution in [1.29, 1.82) is 0 Å². The molecule has 1 aromatic carbocycles. The zero-order chi connectivity index (χ0) is 20.8. The van der Waals surface area contributed by atoms with Crippen molar-refractivity contribution in [3.63, 3.8) is 0 Å². The molecule has 0 bridgehead atoms. The van der Waals surface area contributed by atoms with Crippen LogP contribution in [0.4, 0.5) is 5.82 Å². The van der Waals surface area contributed by atoms with E-state index < -0.39 is 10.0 Å². The van der Waals surface area contributed by atoms with Gasteiger partial charge in [0.2, 0.25) is 10.0 Å². The van der Waals surface area contributed by atoms with E-state index in [1.54, 1.807) is 30.5 Å². The van der Waals surface area contributed by atoms with Crippen LogP contribution in [0.25, 0.3) is 22.5 Å². The van der Waals surface area contributed by atoms with Gasteiger partial charge >= 0.3 is 0 Å². The van der Waals surface area contributed by atoms with E-state index in [0.717, 1.165) is 35.2 Å². The molecule has 1 fully saturated rings. The number of anilines is 1. The number of aryl methyl sites for hydroxylation is 2. The highest BCUT2D eigenvalue weighted by Gasteiger charge is 2.31. The smallest absolute Gasteiger partial charge is 0.240 e. The van der Waals surface area contributed by atoms with Crippen LogP contribution in [-0.4, -0.2) is 24.6 Å². The third kappa shape index (κ3) is 4.04. The van der Waals surface area contributed by atoms with E-state index in [2.05, 4.69) is 14.9 Å². The molecule has 0 spiro atoms. The van der Waals surface area contributed by atoms with Crippen LogP contribution >= 0.6 is 0 Å². The lowest BCUT2D eigenvalue weighted by Crippen LogP contribution is -2.34. The molecule has 1 aliphatic rings. The van der Waals surface area contributed by atoms with E-state index >= 15 is 0 Å². The molecule has 3 N–H and O–H groups in total. The second-order valence-corrected chi connectivity index (χ2v) is 9.43. The fourth-order valence-electron chi connectivity index (χ4n) is 3.40. The first kappa shape index (κ1) is 19.6. The minimum absolute atomic E-state index is 0.0655. The summed E-state index contributed by atoms with van der Waals surface area (Å²) in [5.74, 6) is 1.28. The maximum Gasteiger partial charge on any atom is 0.240 e. The van der Waals surface area contributed by atoms with Crippen LogP contribution in [0.1, 0.15) is 31.0 Å². The number of hydrogen-bond acceptors (Lipinski definition) is 6. The summed E-state index contributed by atoms with van der Waals surface area (Å²) in [5.41, 5.74) is 9.86. The Balaban J connectivity index is 1.73. The standard InChI is InChI=1S/C21H24N4O3S/c1-12-4-7-17(29(26,27)25-14(3)15-5-6-15)10-18(12)16-9-19(21(22)23-11-16)20-8-13(2)24-28-20/h4,7-11,14-15,25H,5-6H2,1-3H3,(H2,22,23). The van der Waals surface area contributed by atoms with Gasteiger partial charge in [0, 0.05) is 23.9 Å². The van der Waals surface area contributed by atoms with Gasteiger partial charge in [0.25, 0.3) is 0 Å². The van der Waals surface area contributed by atoms with Crippen LogP contribution in [0.5, 0.6) is 0 Å². The van der Waals surface area contributed by atoms with Crippen LogP contribution in [0.15, 0.2) is 45.9 Å². The summed E-state index contributed by atoms with van der Waals surface area (Å²) in [6, 6.07) is 8.69. The number of hydrogen-bond donors (Lipinski definition) is 2. The molecule has 152 valence electrons. The Morgan fingerprint density at radius 2 is 1.93 bits per heavy atom. The van der Waals surface area contributed by atoms with E-state index in [-0.39, 0.29) is 10.9 Å². The minimum Gasteiger partial charge on any atom is -0.383 e. The highest BCUT2D eigenvalue weighted by Crippen LogP contribution is 2.34. The van der Waals surface area contributed by atoms with Gasteiger partial charge in [-0.1, -0.05) is 11.2 Å². The van der Waals surface area contributed by atoms with Crippen molar-refractivity contribution in [2.24, 2.45) is 5.92 Å². The predicted octanol–water partition coefficient (Wildman–Crippen LogP) is 3.68. The number of nitrogen functional groups attached to an aromatic ring is 1. The van der Waals surface area contributed by atoms with Crippen molar-refractivity contribution in [3.05, 3.63) is 47.8 Å². The average molecular weight is 413 g/mol. The molecule has 0 aliphatic heterocycles. The largest absolute Gasteiger partial charge is 0.383 e. The van der Waals surface area contributed by atoms with Gasteiger partial charge in [-0.2, -0.15) is 0 Å². The molecular formula is C21H24N4O3S. The second kappa shape index (κ2) is 7.27. The van der Waals surface area contributed by atoms with Crippen LogP contribution in [-0.2, 0) is 10.0 Å². The average Bonchev–Trinajstić information content (AvgIpc) is 3.44. The monoisotopic (exact) mass is 412 g/mol. The minimum atomic E-state index is -3.60. The number of aromatic nitrogens is 2. The number of nitrogens with one attached hydrogen (secondary N) is 1. The van der Waals surface area contributed by atoms with Gasteiger partial charge < -0.3 is 10.3 Å². The second-order valence-electron chi connectivity index (χ2n) is 7.71. The zero-order valence-electron chi connectivity index (χ0n) is 16.6. The lowest BCUT2D eigenvalue weighted by molar-refractivity contribution is 0.427. The van der Waals surface area contributed by atoms with Gasteiger partial charge in [0.15, 0.2) is 5.76 Å². The molecule has 1 aliphatic carbocycles. The van der Waals surface area contributed by atoms with E-state index in [4.69, 9.17) is 10.3 Å². The van der Waals surface area contributed by atoms with Crippen LogP contribution in [0, 0.1) is 19.8 Å². The van der Waals surface area contributed by atoms with Crippen molar-refractivity contribution in [2.75, 3.05) is 5.73 Å². The quantitative estimate of drug-likeness (QED) is 0.639. The summed E-state index contributed by atoms with van der Waals surface area (Å²) in [5, 5.41) is 3.90.